The Morgan fingerprint density at radius 3 is 3.20 bits per heavy atom. The third kappa shape index (κ3) is 2.51. The van der Waals surface area contributed by atoms with Gasteiger partial charge in [-0.3, -0.25) is 0 Å². The molecule has 0 amide bonds. The maximum absolute atomic E-state index is 11.7. The molecular formula is C16H23N2O2+. The molecule has 20 heavy (non-hydrogen) atoms. The molecule has 1 fully saturated rings. The molecular weight excluding hydrogens is 252 g/mol. The van der Waals surface area contributed by atoms with Gasteiger partial charge in [-0.15, -0.1) is 0 Å². The quantitative estimate of drug-likeness (QED) is 0.623. The van der Waals surface area contributed by atoms with Gasteiger partial charge in [0.05, 0.1) is 6.61 Å². The van der Waals surface area contributed by atoms with Gasteiger partial charge in [-0.2, -0.15) is 4.57 Å². The lowest BCUT2D eigenvalue weighted by molar-refractivity contribution is -0.693. The Morgan fingerprint density at radius 1 is 1.45 bits per heavy atom. The fraction of sp³-hybridized carbons (Fsp3) is 0.625. The Balaban J connectivity index is 1.86. The van der Waals surface area contributed by atoms with Crippen LogP contribution in [0.4, 0.5) is 5.69 Å². The van der Waals surface area contributed by atoms with Crippen LogP contribution in [-0.2, 0) is 22.5 Å². The van der Waals surface area contributed by atoms with Gasteiger partial charge in [0.2, 0.25) is 12.2 Å². The van der Waals surface area contributed by atoms with Gasteiger partial charge in [0.1, 0.15) is 5.69 Å². The number of rotatable bonds is 3. The van der Waals surface area contributed by atoms with E-state index in [-0.39, 0.29) is 5.97 Å². The summed E-state index contributed by atoms with van der Waals surface area (Å²) in [5.41, 5.74) is 2.62. The zero-order valence-corrected chi connectivity index (χ0v) is 12.2. The average Bonchev–Trinajstić information content (AvgIpc) is 2.47. The number of nitrogens with zero attached hydrogens (tertiary/aromatic N) is 2. The summed E-state index contributed by atoms with van der Waals surface area (Å²) in [6.45, 7) is 3.78. The number of anilines is 1. The predicted molar refractivity (Wildman–Crippen MR) is 76.6 cm³/mol. The average molecular weight is 275 g/mol. The van der Waals surface area contributed by atoms with Crippen molar-refractivity contribution >= 4 is 11.7 Å². The van der Waals surface area contributed by atoms with Crippen LogP contribution in [0.1, 0.15) is 38.3 Å². The van der Waals surface area contributed by atoms with Crippen LogP contribution >= 0.6 is 0 Å². The van der Waals surface area contributed by atoms with E-state index in [0.717, 1.165) is 13.0 Å². The Morgan fingerprint density at radius 2 is 2.35 bits per heavy atom. The van der Waals surface area contributed by atoms with Crippen molar-refractivity contribution in [1.29, 1.82) is 0 Å². The summed E-state index contributed by atoms with van der Waals surface area (Å²) < 4.78 is 7.14. The van der Waals surface area contributed by atoms with Crippen molar-refractivity contribution in [3.05, 3.63) is 24.0 Å². The zero-order valence-electron chi connectivity index (χ0n) is 12.2. The molecule has 1 unspecified atom stereocenters. The van der Waals surface area contributed by atoms with Crippen LogP contribution in [0.5, 0.6) is 0 Å². The number of fused-ring (bicyclic) bond motifs is 3. The molecule has 3 heterocycles. The molecule has 108 valence electrons. The number of ether oxygens (including phenoxy) is 1. The van der Waals surface area contributed by atoms with E-state index in [2.05, 4.69) is 21.6 Å². The number of hydrogen-bond donors (Lipinski definition) is 0. The van der Waals surface area contributed by atoms with Gasteiger partial charge in [0.15, 0.2) is 6.20 Å². The number of pyridine rings is 1. The van der Waals surface area contributed by atoms with E-state index in [1.807, 2.05) is 13.1 Å². The maximum atomic E-state index is 11.7. The van der Waals surface area contributed by atoms with Crippen LogP contribution in [0.3, 0.4) is 0 Å². The first kappa shape index (κ1) is 13.4. The van der Waals surface area contributed by atoms with E-state index >= 15 is 0 Å². The fourth-order valence-corrected chi connectivity index (χ4v) is 3.52. The number of carbonyl (C=O) groups is 1. The lowest BCUT2D eigenvalue weighted by Crippen LogP contribution is -2.50. The molecule has 1 aromatic heterocycles. The molecule has 0 aromatic carbocycles. The number of esters is 1. The monoisotopic (exact) mass is 275 g/mol. The maximum Gasteiger partial charge on any atom is 0.372 e. The van der Waals surface area contributed by atoms with E-state index < -0.39 is 0 Å². The van der Waals surface area contributed by atoms with Crippen molar-refractivity contribution in [3.63, 3.8) is 0 Å². The summed E-state index contributed by atoms with van der Waals surface area (Å²) in [4.78, 5) is 14.3. The smallest absolute Gasteiger partial charge is 0.372 e. The van der Waals surface area contributed by atoms with Gasteiger partial charge in [0.25, 0.3) is 0 Å². The van der Waals surface area contributed by atoms with Gasteiger partial charge >= 0.3 is 5.97 Å². The molecule has 0 radical (unpaired) electrons. The highest BCUT2D eigenvalue weighted by Gasteiger charge is 2.33. The SMILES string of the molecule is CCOC(=O)C[n+]1cccc2c1CCC1CCCCN21. The van der Waals surface area contributed by atoms with Gasteiger partial charge in [-0.25, -0.2) is 4.79 Å². The van der Waals surface area contributed by atoms with Crippen molar-refractivity contribution in [1.82, 2.24) is 0 Å². The van der Waals surface area contributed by atoms with Gasteiger partial charge in [-0.05, 0) is 38.7 Å². The Kier molecular flexibility index (Phi) is 3.90. The summed E-state index contributed by atoms with van der Waals surface area (Å²) in [5.74, 6) is -0.147. The third-order valence-electron chi connectivity index (χ3n) is 4.42. The summed E-state index contributed by atoms with van der Waals surface area (Å²) in [5, 5.41) is 0. The first-order valence-corrected chi connectivity index (χ1v) is 7.73. The van der Waals surface area contributed by atoms with Crippen LogP contribution in [0, 0.1) is 0 Å². The van der Waals surface area contributed by atoms with E-state index in [1.54, 1.807) is 0 Å². The minimum absolute atomic E-state index is 0.147. The van der Waals surface area contributed by atoms with Crippen LogP contribution < -0.4 is 9.47 Å². The summed E-state index contributed by atoms with van der Waals surface area (Å²) in [6, 6.07) is 4.96. The second-order valence-corrected chi connectivity index (χ2v) is 5.65. The molecule has 2 aliphatic rings. The third-order valence-corrected chi connectivity index (χ3v) is 4.42. The normalized spacial score (nSPS) is 21.1. The highest BCUT2D eigenvalue weighted by Crippen LogP contribution is 2.33. The number of aromatic nitrogens is 1. The molecule has 0 N–H and O–H groups in total. The highest BCUT2D eigenvalue weighted by atomic mass is 16.5. The molecule has 0 saturated carbocycles. The molecule has 1 aromatic rings. The van der Waals surface area contributed by atoms with Gasteiger partial charge in [0, 0.05) is 25.1 Å². The standard InChI is InChI=1S/C16H23N2O2/c1-2-20-16(19)12-17-10-5-7-15-14(17)9-8-13-6-3-4-11-18(13)15/h5,7,10,13H,2-4,6,8-9,11-12H2,1H3/q+1. The van der Waals surface area contributed by atoms with Crippen LogP contribution in [0.2, 0.25) is 0 Å². The lowest BCUT2D eigenvalue weighted by atomic mass is 9.91. The first-order valence-electron chi connectivity index (χ1n) is 7.73. The van der Waals surface area contributed by atoms with E-state index in [1.165, 1.54) is 37.1 Å². The molecule has 2 aliphatic heterocycles. The minimum atomic E-state index is -0.147. The van der Waals surface area contributed by atoms with Crippen molar-refractivity contribution in [2.45, 2.75) is 51.6 Å². The van der Waals surface area contributed by atoms with Crippen molar-refractivity contribution < 1.29 is 14.1 Å². The summed E-state index contributed by atoms with van der Waals surface area (Å²) >= 11 is 0. The highest BCUT2D eigenvalue weighted by molar-refractivity contribution is 5.67. The van der Waals surface area contributed by atoms with Crippen molar-refractivity contribution in [3.8, 4) is 0 Å². The largest absolute Gasteiger partial charge is 0.461 e. The summed E-state index contributed by atoms with van der Waals surface area (Å²) in [7, 11) is 0. The molecule has 1 saturated heterocycles. The predicted octanol–water partition coefficient (Wildman–Crippen LogP) is 1.84. The molecule has 4 heteroatoms. The topological polar surface area (TPSA) is 33.4 Å². The van der Waals surface area contributed by atoms with Gasteiger partial charge < -0.3 is 9.64 Å². The van der Waals surface area contributed by atoms with Crippen LogP contribution in [0.15, 0.2) is 18.3 Å². The Bertz CT molecular complexity index is 501. The zero-order chi connectivity index (χ0) is 13.9. The molecule has 1 atom stereocenters. The number of carbonyl (C=O) groups excluding carboxylic acids is 1. The molecule has 0 spiro atoms. The molecule has 3 rings (SSSR count). The fourth-order valence-electron chi connectivity index (χ4n) is 3.52. The number of hydrogen-bond acceptors (Lipinski definition) is 3. The van der Waals surface area contributed by atoms with E-state index in [4.69, 9.17) is 4.74 Å². The molecule has 4 nitrogen and oxygen atoms in total. The van der Waals surface area contributed by atoms with Crippen LogP contribution in [0.25, 0.3) is 0 Å². The van der Waals surface area contributed by atoms with Crippen molar-refractivity contribution in [2.24, 2.45) is 0 Å². The second-order valence-electron chi connectivity index (χ2n) is 5.65. The lowest BCUT2D eigenvalue weighted by Gasteiger charge is -2.40. The Hall–Kier alpha value is -1.58. The van der Waals surface area contributed by atoms with Crippen LogP contribution in [-0.4, -0.2) is 25.2 Å². The van der Waals surface area contributed by atoms with E-state index in [9.17, 15) is 4.79 Å². The van der Waals surface area contributed by atoms with Gasteiger partial charge in [-0.1, -0.05) is 0 Å². The Labute approximate surface area is 120 Å². The summed E-state index contributed by atoms with van der Waals surface area (Å²) in [6.07, 6.45) is 8.22. The molecule has 0 aliphatic carbocycles. The van der Waals surface area contributed by atoms with Crippen molar-refractivity contribution in [2.75, 3.05) is 18.1 Å². The first-order chi connectivity index (χ1) is 9.79. The minimum Gasteiger partial charge on any atom is -0.461 e. The van der Waals surface area contributed by atoms with E-state index in [0.29, 0.717) is 19.2 Å². The number of piperidine rings is 1. The second kappa shape index (κ2) is 5.81. The molecule has 0 bridgehead atoms.